The lowest BCUT2D eigenvalue weighted by atomic mass is 10.00. The highest BCUT2D eigenvalue weighted by Gasteiger charge is 2.35. The van der Waals surface area contributed by atoms with Gasteiger partial charge in [-0.15, -0.1) is 0 Å². The predicted octanol–water partition coefficient (Wildman–Crippen LogP) is 2.25. The average molecular weight is 579 g/mol. The number of ether oxygens (including phenoxy) is 2. The van der Waals surface area contributed by atoms with Gasteiger partial charge in [-0.2, -0.15) is 0 Å². The topological polar surface area (TPSA) is 147 Å². The number of nitrogens with zero attached hydrogens (tertiary/aromatic N) is 2. The van der Waals surface area contributed by atoms with Crippen molar-refractivity contribution in [3.63, 3.8) is 0 Å². The van der Waals surface area contributed by atoms with Gasteiger partial charge in [0.15, 0.2) is 0 Å². The molecule has 0 bridgehead atoms. The van der Waals surface area contributed by atoms with Crippen molar-refractivity contribution in [3.8, 4) is 5.75 Å². The van der Waals surface area contributed by atoms with Gasteiger partial charge in [0.1, 0.15) is 24.2 Å². The smallest absolute Gasteiger partial charge is 0.306 e. The molecule has 224 valence electrons. The summed E-state index contributed by atoms with van der Waals surface area (Å²) in [5.74, 6) is -0.484. The number of nitrogens with one attached hydrogen (secondary N) is 2. The largest absolute Gasteiger partial charge is 0.482 e. The van der Waals surface area contributed by atoms with Gasteiger partial charge in [-0.05, 0) is 61.8 Å². The molecule has 3 fully saturated rings. The Morgan fingerprint density at radius 2 is 1.93 bits per heavy atom. The van der Waals surface area contributed by atoms with E-state index in [1.54, 1.807) is 17.0 Å². The zero-order chi connectivity index (χ0) is 29.6. The van der Waals surface area contributed by atoms with Crippen LogP contribution < -0.4 is 15.4 Å². The standard InChI is InChI=1S/C31H38N4O7/c1-19(33-27(37)12-14-36)29(22-8-6-21(7-9-22)20-4-5-20)42-25-10-11-26(32-16-25)30(39)34-24-3-2-13-35(17-24)31(40)23-15-28(38)41-18-23/h6-11,16,19-20,23-24,29,36H,2-5,12-15,17-18H2,1H3,(H,33,37)(H,34,39)/t19?,23-,24+,29?/m1/s1. The molecule has 2 unspecified atom stereocenters. The first-order chi connectivity index (χ1) is 20.3. The van der Waals surface area contributed by atoms with Crippen molar-refractivity contribution < 1.29 is 33.8 Å². The van der Waals surface area contributed by atoms with Crippen molar-refractivity contribution in [2.24, 2.45) is 5.92 Å². The molecule has 2 aromatic rings. The van der Waals surface area contributed by atoms with E-state index in [0.717, 1.165) is 18.4 Å². The predicted molar refractivity (Wildman–Crippen MR) is 151 cm³/mol. The summed E-state index contributed by atoms with van der Waals surface area (Å²) >= 11 is 0. The second-order valence-electron chi connectivity index (χ2n) is 11.4. The number of aromatic nitrogens is 1. The van der Waals surface area contributed by atoms with E-state index >= 15 is 0 Å². The van der Waals surface area contributed by atoms with E-state index in [0.29, 0.717) is 24.8 Å². The molecule has 0 spiro atoms. The monoisotopic (exact) mass is 578 g/mol. The van der Waals surface area contributed by atoms with Crippen LogP contribution in [0.5, 0.6) is 5.75 Å². The van der Waals surface area contributed by atoms with E-state index in [4.69, 9.17) is 14.6 Å². The zero-order valence-corrected chi connectivity index (χ0v) is 23.8. The van der Waals surface area contributed by atoms with Crippen LogP contribution in [0, 0.1) is 5.92 Å². The van der Waals surface area contributed by atoms with Crippen molar-refractivity contribution in [2.45, 2.75) is 69.6 Å². The minimum Gasteiger partial charge on any atom is -0.482 e. The molecular weight excluding hydrogens is 540 g/mol. The summed E-state index contributed by atoms with van der Waals surface area (Å²) in [7, 11) is 0. The van der Waals surface area contributed by atoms with Gasteiger partial charge in [0.05, 0.1) is 31.2 Å². The molecule has 3 N–H and O–H groups in total. The first kappa shape index (κ1) is 29.5. The number of benzene rings is 1. The Balaban J connectivity index is 1.20. The van der Waals surface area contributed by atoms with Gasteiger partial charge in [0.25, 0.3) is 5.91 Å². The third-order valence-corrected chi connectivity index (χ3v) is 8.00. The van der Waals surface area contributed by atoms with E-state index in [1.807, 2.05) is 19.1 Å². The van der Waals surface area contributed by atoms with E-state index in [1.165, 1.54) is 24.6 Å². The van der Waals surface area contributed by atoms with Gasteiger partial charge < -0.3 is 30.1 Å². The summed E-state index contributed by atoms with van der Waals surface area (Å²) in [6, 6.07) is 10.8. The lowest BCUT2D eigenvalue weighted by Gasteiger charge is -2.34. The number of piperidine rings is 1. The molecule has 11 heteroatoms. The van der Waals surface area contributed by atoms with Crippen LogP contribution in [-0.4, -0.2) is 77.1 Å². The van der Waals surface area contributed by atoms with Crippen LogP contribution in [0.1, 0.15) is 79.1 Å². The molecule has 2 aliphatic heterocycles. The lowest BCUT2D eigenvalue weighted by molar-refractivity contribution is -0.138. The Morgan fingerprint density at radius 3 is 2.57 bits per heavy atom. The molecule has 1 aromatic heterocycles. The van der Waals surface area contributed by atoms with Crippen LogP contribution in [0.4, 0.5) is 0 Å². The van der Waals surface area contributed by atoms with Crippen LogP contribution in [0.25, 0.3) is 0 Å². The molecule has 2 saturated heterocycles. The quantitative estimate of drug-likeness (QED) is 0.344. The van der Waals surface area contributed by atoms with Gasteiger partial charge in [0, 0.05) is 25.6 Å². The SMILES string of the molecule is CC(NC(=O)CCO)C(Oc1ccc(C(=O)N[C@H]2CCCN(C(=O)[C@H]3COC(=O)C3)C2)nc1)c1ccc(C2CC2)cc1. The number of aliphatic hydroxyl groups is 1. The maximum absolute atomic E-state index is 13.0. The van der Waals surface area contributed by atoms with Crippen LogP contribution in [0.3, 0.4) is 0 Å². The number of rotatable bonds is 11. The van der Waals surface area contributed by atoms with Gasteiger partial charge in [-0.3, -0.25) is 19.2 Å². The van der Waals surface area contributed by atoms with E-state index in [9.17, 15) is 19.2 Å². The second-order valence-corrected chi connectivity index (χ2v) is 11.4. The van der Waals surface area contributed by atoms with Crippen LogP contribution >= 0.6 is 0 Å². The van der Waals surface area contributed by atoms with Crippen LogP contribution in [-0.2, 0) is 19.1 Å². The third-order valence-electron chi connectivity index (χ3n) is 8.00. The first-order valence-corrected chi connectivity index (χ1v) is 14.7. The molecule has 1 aromatic carbocycles. The fourth-order valence-corrected chi connectivity index (χ4v) is 5.55. The van der Waals surface area contributed by atoms with Crippen LogP contribution in [0.2, 0.25) is 0 Å². The summed E-state index contributed by atoms with van der Waals surface area (Å²) in [6.07, 6.45) is 4.95. The summed E-state index contributed by atoms with van der Waals surface area (Å²) in [4.78, 5) is 55.4. The van der Waals surface area contributed by atoms with Crippen molar-refractivity contribution in [2.75, 3.05) is 26.3 Å². The minimum absolute atomic E-state index is 0.00459. The Bertz CT molecular complexity index is 1280. The van der Waals surface area contributed by atoms with Crippen molar-refractivity contribution >= 4 is 23.7 Å². The highest BCUT2D eigenvalue weighted by molar-refractivity contribution is 5.92. The number of amides is 3. The number of aliphatic hydroxyl groups excluding tert-OH is 1. The van der Waals surface area contributed by atoms with Crippen molar-refractivity contribution in [1.29, 1.82) is 0 Å². The van der Waals surface area contributed by atoms with Gasteiger partial charge in [0.2, 0.25) is 11.8 Å². The fourth-order valence-electron chi connectivity index (χ4n) is 5.55. The molecule has 3 amide bonds. The van der Waals surface area contributed by atoms with Gasteiger partial charge in [-0.1, -0.05) is 24.3 Å². The zero-order valence-electron chi connectivity index (χ0n) is 23.8. The van der Waals surface area contributed by atoms with Crippen LogP contribution in [0.15, 0.2) is 42.6 Å². The number of carbonyl (C=O) groups is 4. The molecule has 11 nitrogen and oxygen atoms in total. The Morgan fingerprint density at radius 1 is 1.14 bits per heavy atom. The van der Waals surface area contributed by atoms with E-state index < -0.39 is 18.1 Å². The summed E-state index contributed by atoms with van der Waals surface area (Å²) in [5.41, 5.74) is 2.40. The number of esters is 1. The summed E-state index contributed by atoms with van der Waals surface area (Å²) in [5, 5.41) is 15.0. The molecule has 3 aliphatic rings. The average Bonchev–Trinajstić information content (AvgIpc) is 3.75. The molecule has 5 rings (SSSR count). The molecular formula is C31H38N4O7. The molecule has 0 radical (unpaired) electrons. The van der Waals surface area contributed by atoms with Gasteiger partial charge >= 0.3 is 5.97 Å². The first-order valence-electron chi connectivity index (χ1n) is 14.7. The molecule has 1 saturated carbocycles. The Kier molecular flexibility index (Phi) is 9.36. The van der Waals surface area contributed by atoms with Gasteiger partial charge in [-0.25, -0.2) is 4.98 Å². The Labute approximate surface area is 245 Å². The number of pyridine rings is 1. The summed E-state index contributed by atoms with van der Waals surface area (Å²) < 4.78 is 11.2. The highest BCUT2D eigenvalue weighted by atomic mass is 16.5. The van der Waals surface area contributed by atoms with E-state index in [2.05, 4.69) is 27.8 Å². The number of carbonyl (C=O) groups excluding carboxylic acids is 4. The highest BCUT2D eigenvalue weighted by Crippen LogP contribution is 2.40. The minimum atomic E-state index is -0.520. The summed E-state index contributed by atoms with van der Waals surface area (Å²) in [6.45, 7) is 2.68. The molecule has 1 aliphatic carbocycles. The lowest BCUT2D eigenvalue weighted by Crippen LogP contribution is -2.51. The second kappa shape index (κ2) is 13.3. The fraction of sp³-hybridized carbons (Fsp3) is 0.516. The maximum Gasteiger partial charge on any atom is 0.306 e. The van der Waals surface area contributed by atoms with Crippen molar-refractivity contribution in [1.82, 2.24) is 20.5 Å². The number of hydrogen-bond donors (Lipinski definition) is 3. The normalized spacial score (nSPS) is 21.7. The number of likely N-dealkylation sites (tertiary alicyclic amines) is 1. The molecule has 42 heavy (non-hydrogen) atoms. The maximum atomic E-state index is 13.0. The number of hydrogen-bond acceptors (Lipinski definition) is 8. The number of cyclic esters (lactones) is 1. The molecule has 4 atom stereocenters. The van der Waals surface area contributed by atoms with Crippen molar-refractivity contribution in [3.05, 3.63) is 59.4 Å². The Hall–Kier alpha value is -3.99. The molecule has 3 heterocycles. The van der Waals surface area contributed by atoms with E-state index in [-0.39, 0.29) is 61.5 Å². The third kappa shape index (κ3) is 7.44.